The number of carbonyl (C=O) groups excluding carboxylic acids is 1. The van der Waals surface area contributed by atoms with Crippen LogP contribution in [0.1, 0.15) is 36.0 Å². The van der Waals surface area contributed by atoms with Gasteiger partial charge in [0.15, 0.2) is 0 Å². The minimum Gasteiger partial charge on any atom is -0.354 e. The van der Waals surface area contributed by atoms with Crippen LogP contribution in [0.3, 0.4) is 0 Å². The number of rotatable bonds is 4. The van der Waals surface area contributed by atoms with E-state index in [2.05, 4.69) is 9.88 Å². The van der Waals surface area contributed by atoms with Gasteiger partial charge in [-0.1, -0.05) is 12.1 Å². The van der Waals surface area contributed by atoms with Crippen LogP contribution in [0.5, 0.6) is 0 Å². The number of benzene rings is 1. The van der Waals surface area contributed by atoms with Crippen molar-refractivity contribution in [3.05, 3.63) is 52.7 Å². The van der Waals surface area contributed by atoms with E-state index in [1.807, 2.05) is 24.8 Å². The van der Waals surface area contributed by atoms with Crippen molar-refractivity contribution in [1.82, 2.24) is 14.9 Å². The zero-order valence-electron chi connectivity index (χ0n) is 16.6. The van der Waals surface area contributed by atoms with Gasteiger partial charge in [0.05, 0.1) is 0 Å². The second-order valence-corrected chi connectivity index (χ2v) is 7.90. The van der Waals surface area contributed by atoms with Gasteiger partial charge in [0.1, 0.15) is 22.8 Å². The summed E-state index contributed by atoms with van der Waals surface area (Å²) in [5, 5.41) is -0.515. The van der Waals surface area contributed by atoms with Gasteiger partial charge < -0.3 is 9.80 Å². The van der Waals surface area contributed by atoms with Crippen LogP contribution in [0.4, 0.5) is 10.2 Å². The molecule has 0 aliphatic carbocycles. The first-order valence-electron chi connectivity index (χ1n) is 9.61. The molecule has 5 nitrogen and oxygen atoms in total. The molecule has 1 aromatic carbocycles. The molecule has 1 saturated heterocycles. The van der Waals surface area contributed by atoms with Crippen molar-refractivity contribution in [3.63, 3.8) is 0 Å². The van der Waals surface area contributed by atoms with Gasteiger partial charge in [-0.25, -0.2) is 14.4 Å². The summed E-state index contributed by atoms with van der Waals surface area (Å²) in [4.78, 5) is 25.5. The molecule has 1 aromatic heterocycles. The highest BCUT2D eigenvalue weighted by molar-refractivity contribution is 6.30. The van der Waals surface area contributed by atoms with E-state index in [4.69, 9.17) is 16.6 Å². The van der Waals surface area contributed by atoms with E-state index in [1.54, 1.807) is 19.1 Å². The topological polar surface area (TPSA) is 49.3 Å². The maximum Gasteiger partial charge on any atom is 0.240 e. The van der Waals surface area contributed by atoms with Crippen molar-refractivity contribution in [2.45, 2.75) is 39.0 Å². The molecule has 150 valence electrons. The highest BCUT2D eigenvalue weighted by atomic mass is 35.5. The number of hydrogen-bond acceptors (Lipinski definition) is 4. The summed E-state index contributed by atoms with van der Waals surface area (Å²) in [6.45, 7) is 8.33. The van der Waals surface area contributed by atoms with Gasteiger partial charge in [-0.3, -0.25) is 4.79 Å². The van der Waals surface area contributed by atoms with Gasteiger partial charge in [0.25, 0.3) is 0 Å². The maximum atomic E-state index is 13.6. The molecular weight excluding hydrogens is 379 g/mol. The molecule has 0 N–H and O–H groups in total. The molecular formula is C21H26ClFN4O. The van der Waals surface area contributed by atoms with Gasteiger partial charge in [-0.05, 0) is 44.9 Å². The molecule has 1 aliphatic heterocycles. The van der Waals surface area contributed by atoms with Crippen LogP contribution in [0.15, 0.2) is 24.3 Å². The second kappa shape index (κ2) is 8.86. The molecule has 1 atom stereocenters. The summed E-state index contributed by atoms with van der Waals surface area (Å²) in [6.07, 6.45) is 1.41. The van der Waals surface area contributed by atoms with Crippen molar-refractivity contribution in [3.8, 4) is 0 Å². The summed E-state index contributed by atoms with van der Waals surface area (Å²) < 4.78 is 13.6. The molecule has 28 heavy (non-hydrogen) atoms. The number of amides is 1. The summed E-state index contributed by atoms with van der Waals surface area (Å²) >= 11 is 5.98. The average Bonchev–Trinajstić information content (AvgIpc) is 2.89. The van der Waals surface area contributed by atoms with E-state index in [-0.39, 0.29) is 11.7 Å². The molecule has 1 amide bonds. The number of alkyl halides is 1. The summed E-state index contributed by atoms with van der Waals surface area (Å²) in [7, 11) is 0. The Morgan fingerprint density at radius 2 is 2.00 bits per heavy atom. The fraction of sp³-hybridized carbons (Fsp3) is 0.476. The molecule has 0 saturated carbocycles. The van der Waals surface area contributed by atoms with E-state index in [0.717, 1.165) is 35.6 Å². The van der Waals surface area contributed by atoms with Crippen molar-refractivity contribution in [1.29, 1.82) is 0 Å². The van der Waals surface area contributed by atoms with Crippen LogP contribution >= 0.6 is 11.6 Å². The van der Waals surface area contributed by atoms with Gasteiger partial charge in [0.2, 0.25) is 5.91 Å². The molecule has 2 aromatic rings. The molecule has 0 bridgehead atoms. The molecule has 1 aliphatic rings. The summed E-state index contributed by atoms with van der Waals surface area (Å²) in [5.41, 5.74) is 2.79. The highest BCUT2D eigenvalue weighted by Crippen LogP contribution is 2.25. The SMILES string of the molecule is Cc1nc(C)c(Cc2cccc(F)c2)c(N2CCCN(C(=O)C(C)Cl)CC2)n1. The standard InChI is InChI=1S/C21H26ClFN4O/c1-14(22)21(28)27-9-5-8-26(10-11-27)20-19(15(2)24-16(3)25-20)13-17-6-4-7-18(23)12-17/h4,6-7,12,14H,5,8-11,13H2,1-3H3. The Bertz CT molecular complexity index is 858. The molecule has 7 heteroatoms. The third-order valence-electron chi connectivity index (χ3n) is 5.02. The van der Waals surface area contributed by atoms with E-state index in [1.165, 1.54) is 6.07 Å². The Morgan fingerprint density at radius 1 is 1.21 bits per heavy atom. The van der Waals surface area contributed by atoms with Crippen LogP contribution < -0.4 is 4.90 Å². The molecule has 0 spiro atoms. The first-order chi connectivity index (χ1) is 13.3. The number of nitrogens with zero attached hydrogens (tertiary/aromatic N) is 4. The zero-order valence-corrected chi connectivity index (χ0v) is 17.3. The van der Waals surface area contributed by atoms with Gasteiger partial charge in [-0.2, -0.15) is 0 Å². The lowest BCUT2D eigenvalue weighted by molar-refractivity contribution is -0.130. The molecule has 0 radical (unpaired) electrons. The third-order valence-corrected chi connectivity index (χ3v) is 5.21. The number of aromatic nitrogens is 2. The minimum absolute atomic E-state index is 0.0291. The number of aryl methyl sites for hydroxylation is 2. The van der Waals surface area contributed by atoms with E-state index < -0.39 is 5.38 Å². The number of halogens is 2. The Balaban J connectivity index is 1.87. The van der Waals surface area contributed by atoms with Crippen molar-refractivity contribution in [2.75, 3.05) is 31.1 Å². The minimum atomic E-state index is -0.515. The van der Waals surface area contributed by atoms with E-state index in [0.29, 0.717) is 31.9 Å². The average molecular weight is 405 g/mol. The van der Waals surface area contributed by atoms with Crippen LogP contribution in [0, 0.1) is 19.7 Å². The number of hydrogen-bond donors (Lipinski definition) is 0. The lowest BCUT2D eigenvalue weighted by atomic mass is 10.0. The fourth-order valence-electron chi connectivity index (χ4n) is 3.64. The number of carbonyl (C=O) groups is 1. The molecule has 1 unspecified atom stereocenters. The lowest BCUT2D eigenvalue weighted by Gasteiger charge is -2.26. The first-order valence-corrected chi connectivity index (χ1v) is 10.0. The van der Waals surface area contributed by atoms with Crippen LogP contribution in [-0.2, 0) is 11.2 Å². The van der Waals surface area contributed by atoms with Crippen LogP contribution in [0.25, 0.3) is 0 Å². The monoisotopic (exact) mass is 404 g/mol. The summed E-state index contributed by atoms with van der Waals surface area (Å²) in [5.74, 6) is 1.31. The molecule has 3 rings (SSSR count). The predicted octanol–water partition coefficient (Wildman–Crippen LogP) is 3.49. The van der Waals surface area contributed by atoms with Crippen molar-refractivity contribution in [2.24, 2.45) is 0 Å². The van der Waals surface area contributed by atoms with Gasteiger partial charge >= 0.3 is 0 Å². The third kappa shape index (κ3) is 4.79. The second-order valence-electron chi connectivity index (χ2n) is 7.25. The largest absolute Gasteiger partial charge is 0.354 e. The highest BCUT2D eigenvalue weighted by Gasteiger charge is 2.24. The Labute approximate surface area is 170 Å². The smallest absolute Gasteiger partial charge is 0.240 e. The molecule has 1 fully saturated rings. The summed E-state index contributed by atoms with van der Waals surface area (Å²) in [6, 6.07) is 6.63. The van der Waals surface area contributed by atoms with Gasteiger partial charge in [-0.15, -0.1) is 11.6 Å². The zero-order chi connectivity index (χ0) is 20.3. The molecule has 2 heterocycles. The van der Waals surface area contributed by atoms with Gasteiger partial charge in [0, 0.05) is 43.9 Å². The van der Waals surface area contributed by atoms with E-state index in [9.17, 15) is 9.18 Å². The quantitative estimate of drug-likeness (QED) is 0.732. The number of anilines is 1. The van der Waals surface area contributed by atoms with Crippen molar-refractivity contribution < 1.29 is 9.18 Å². The first kappa shape index (κ1) is 20.5. The Kier molecular flexibility index (Phi) is 6.50. The lowest BCUT2D eigenvalue weighted by Crippen LogP contribution is -2.39. The van der Waals surface area contributed by atoms with Crippen LogP contribution in [0.2, 0.25) is 0 Å². The van der Waals surface area contributed by atoms with Crippen molar-refractivity contribution >= 4 is 23.3 Å². The Morgan fingerprint density at radius 3 is 2.71 bits per heavy atom. The van der Waals surface area contributed by atoms with E-state index >= 15 is 0 Å². The Hall–Kier alpha value is -2.21. The normalized spacial score (nSPS) is 16.0. The predicted molar refractivity (Wildman–Crippen MR) is 109 cm³/mol. The van der Waals surface area contributed by atoms with Crippen LogP contribution in [-0.4, -0.2) is 52.3 Å². The maximum absolute atomic E-state index is 13.6. The fourth-order valence-corrected chi connectivity index (χ4v) is 3.78.